The summed E-state index contributed by atoms with van der Waals surface area (Å²) < 4.78 is 0. The molecule has 2 saturated carbocycles. The molecule has 1 saturated heterocycles. The van der Waals surface area contributed by atoms with E-state index in [0.717, 1.165) is 25.8 Å². The van der Waals surface area contributed by atoms with Crippen molar-refractivity contribution in [2.75, 3.05) is 13.1 Å². The topological polar surface area (TPSA) is 101 Å². The Balaban J connectivity index is 1.58. The lowest BCUT2D eigenvalue weighted by Crippen LogP contribution is -2.50. The van der Waals surface area contributed by atoms with Crippen LogP contribution in [-0.4, -0.2) is 42.0 Å². The number of carbonyl (C=O) groups excluding carboxylic acids is 2. The maximum Gasteiger partial charge on any atom is 0.312 e. The third kappa shape index (κ3) is 3.00. The SMILES string of the molecule is NC(=O)NC1CCN(C(=O)C2CC3CCCC(C2)C3N)C1. The molecule has 3 unspecified atom stereocenters. The van der Waals surface area contributed by atoms with Crippen molar-refractivity contribution in [3.8, 4) is 0 Å². The van der Waals surface area contributed by atoms with Crippen LogP contribution in [0, 0.1) is 17.8 Å². The van der Waals surface area contributed by atoms with Gasteiger partial charge in [-0.05, 0) is 43.9 Å². The number of urea groups is 1. The molecule has 1 aliphatic heterocycles. The van der Waals surface area contributed by atoms with Crippen molar-refractivity contribution < 1.29 is 9.59 Å². The van der Waals surface area contributed by atoms with Gasteiger partial charge in [-0.3, -0.25) is 4.79 Å². The summed E-state index contributed by atoms with van der Waals surface area (Å²) in [5, 5.41) is 2.70. The van der Waals surface area contributed by atoms with E-state index in [1.807, 2.05) is 4.90 Å². The molecule has 2 bridgehead atoms. The molecule has 3 amide bonds. The number of nitrogens with one attached hydrogen (secondary N) is 1. The summed E-state index contributed by atoms with van der Waals surface area (Å²) in [5.41, 5.74) is 11.4. The van der Waals surface area contributed by atoms with E-state index in [9.17, 15) is 9.59 Å². The molecule has 5 N–H and O–H groups in total. The second kappa shape index (κ2) is 5.83. The first-order chi connectivity index (χ1) is 10.0. The van der Waals surface area contributed by atoms with Gasteiger partial charge in [0.1, 0.15) is 0 Å². The lowest BCUT2D eigenvalue weighted by molar-refractivity contribution is -0.137. The van der Waals surface area contributed by atoms with Gasteiger partial charge in [0.05, 0.1) is 0 Å². The van der Waals surface area contributed by atoms with Gasteiger partial charge < -0.3 is 21.7 Å². The fraction of sp³-hybridized carbons (Fsp3) is 0.867. The minimum absolute atomic E-state index is 0.0109. The molecule has 2 aliphatic carbocycles. The first-order valence-electron chi connectivity index (χ1n) is 8.15. The van der Waals surface area contributed by atoms with Crippen LogP contribution in [0.3, 0.4) is 0 Å². The standard InChI is InChI=1S/C15H26N4O2/c16-13-9-2-1-3-10(13)7-11(6-9)14(20)19-5-4-12(8-19)18-15(17)21/h9-13H,1-8,16H2,(H3,17,18,21). The molecular formula is C15H26N4O2. The molecule has 6 nitrogen and oxygen atoms in total. The van der Waals surface area contributed by atoms with Gasteiger partial charge in [-0.15, -0.1) is 0 Å². The summed E-state index contributed by atoms with van der Waals surface area (Å²) in [5.74, 6) is 1.43. The molecule has 0 aromatic rings. The highest BCUT2D eigenvalue weighted by molar-refractivity contribution is 5.79. The van der Waals surface area contributed by atoms with Gasteiger partial charge in [0, 0.05) is 31.1 Å². The molecule has 0 aromatic carbocycles. The number of hydrogen-bond donors (Lipinski definition) is 3. The molecule has 3 aliphatic rings. The maximum absolute atomic E-state index is 12.7. The fourth-order valence-electron chi connectivity index (χ4n) is 4.53. The Hall–Kier alpha value is -1.30. The van der Waals surface area contributed by atoms with Crippen molar-refractivity contribution in [3.05, 3.63) is 0 Å². The van der Waals surface area contributed by atoms with E-state index in [1.165, 1.54) is 19.3 Å². The average Bonchev–Trinajstić information content (AvgIpc) is 2.85. The summed E-state index contributed by atoms with van der Waals surface area (Å²) >= 11 is 0. The van der Waals surface area contributed by atoms with Crippen LogP contribution in [0.4, 0.5) is 4.79 Å². The third-order valence-electron chi connectivity index (χ3n) is 5.61. The second-order valence-corrected chi connectivity index (χ2v) is 6.98. The van der Waals surface area contributed by atoms with Gasteiger partial charge in [-0.25, -0.2) is 4.79 Å². The zero-order chi connectivity index (χ0) is 15.0. The van der Waals surface area contributed by atoms with Crippen LogP contribution in [0.25, 0.3) is 0 Å². The number of rotatable bonds is 2. The number of amides is 3. The van der Waals surface area contributed by atoms with Crippen LogP contribution in [0.1, 0.15) is 38.5 Å². The molecule has 1 heterocycles. The van der Waals surface area contributed by atoms with E-state index in [2.05, 4.69) is 5.32 Å². The van der Waals surface area contributed by atoms with E-state index < -0.39 is 6.03 Å². The van der Waals surface area contributed by atoms with Gasteiger partial charge in [0.2, 0.25) is 5.91 Å². The van der Waals surface area contributed by atoms with Gasteiger partial charge in [-0.2, -0.15) is 0 Å². The Bertz CT molecular complexity index is 414. The van der Waals surface area contributed by atoms with Crippen LogP contribution >= 0.6 is 0 Å². The number of fused-ring (bicyclic) bond motifs is 2. The van der Waals surface area contributed by atoms with Crippen molar-refractivity contribution in [1.82, 2.24) is 10.2 Å². The molecule has 3 atom stereocenters. The van der Waals surface area contributed by atoms with Gasteiger partial charge in [0.15, 0.2) is 0 Å². The van der Waals surface area contributed by atoms with Crippen LogP contribution in [0.5, 0.6) is 0 Å². The highest BCUT2D eigenvalue weighted by atomic mass is 16.2. The third-order valence-corrected chi connectivity index (χ3v) is 5.61. The Morgan fingerprint density at radius 3 is 2.38 bits per heavy atom. The maximum atomic E-state index is 12.7. The predicted molar refractivity (Wildman–Crippen MR) is 79.2 cm³/mol. The first-order valence-corrected chi connectivity index (χ1v) is 8.15. The summed E-state index contributed by atoms with van der Waals surface area (Å²) in [6.07, 6.45) is 6.30. The monoisotopic (exact) mass is 294 g/mol. The fourth-order valence-corrected chi connectivity index (χ4v) is 4.53. The van der Waals surface area contributed by atoms with Crippen molar-refractivity contribution in [1.29, 1.82) is 0 Å². The molecule has 3 rings (SSSR count). The van der Waals surface area contributed by atoms with Crippen LogP contribution < -0.4 is 16.8 Å². The van der Waals surface area contributed by atoms with Gasteiger partial charge in [-0.1, -0.05) is 6.42 Å². The molecule has 0 radical (unpaired) electrons. The van der Waals surface area contributed by atoms with Gasteiger partial charge in [0.25, 0.3) is 0 Å². The first kappa shape index (κ1) is 14.6. The Kier molecular flexibility index (Phi) is 4.06. The van der Waals surface area contributed by atoms with Crippen LogP contribution in [0.2, 0.25) is 0 Å². The van der Waals surface area contributed by atoms with E-state index in [1.54, 1.807) is 0 Å². The zero-order valence-corrected chi connectivity index (χ0v) is 12.5. The normalized spacial score (nSPS) is 39.1. The van der Waals surface area contributed by atoms with Crippen molar-refractivity contribution >= 4 is 11.9 Å². The number of nitrogens with zero attached hydrogens (tertiary/aromatic N) is 1. The number of carbonyl (C=O) groups is 2. The molecule has 118 valence electrons. The van der Waals surface area contributed by atoms with E-state index >= 15 is 0 Å². The second-order valence-electron chi connectivity index (χ2n) is 6.98. The number of likely N-dealkylation sites (tertiary alicyclic amines) is 1. The average molecular weight is 294 g/mol. The van der Waals surface area contributed by atoms with Gasteiger partial charge >= 0.3 is 6.03 Å². The molecule has 0 spiro atoms. The smallest absolute Gasteiger partial charge is 0.312 e. The molecular weight excluding hydrogens is 268 g/mol. The van der Waals surface area contributed by atoms with Crippen molar-refractivity contribution in [2.45, 2.75) is 50.6 Å². The highest BCUT2D eigenvalue weighted by Gasteiger charge is 2.42. The lowest BCUT2D eigenvalue weighted by Gasteiger charge is -2.44. The number of primary amides is 1. The van der Waals surface area contributed by atoms with Crippen LogP contribution in [0.15, 0.2) is 0 Å². The minimum atomic E-state index is -0.507. The Labute approximate surface area is 125 Å². The summed E-state index contributed by atoms with van der Waals surface area (Å²) in [7, 11) is 0. The Morgan fingerprint density at radius 2 is 1.76 bits per heavy atom. The Morgan fingerprint density at radius 1 is 1.10 bits per heavy atom. The van der Waals surface area contributed by atoms with E-state index in [0.29, 0.717) is 24.4 Å². The van der Waals surface area contributed by atoms with Crippen LogP contribution in [-0.2, 0) is 4.79 Å². The summed E-state index contributed by atoms with van der Waals surface area (Å²) in [4.78, 5) is 25.5. The van der Waals surface area contributed by atoms with Crippen molar-refractivity contribution in [3.63, 3.8) is 0 Å². The lowest BCUT2D eigenvalue weighted by atomic mass is 9.65. The molecule has 3 fully saturated rings. The minimum Gasteiger partial charge on any atom is -0.352 e. The summed E-state index contributed by atoms with van der Waals surface area (Å²) in [6, 6.07) is -0.199. The number of nitrogens with two attached hydrogens (primary N) is 2. The van der Waals surface area contributed by atoms with Crippen molar-refractivity contribution in [2.24, 2.45) is 29.2 Å². The molecule has 21 heavy (non-hydrogen) atoms. The molecule has 6 heteroatoms. The predicted octanol–water partition coefficient (Wildman–Crippen LogP) is 0.409. The number of hydrogen-bond acceptors (Lipinski definition) is 3. The zero-order valence-electron chi connectivity index (χ0n) is 12.5. The largest absolute Gasteiger partial charge is 0.352 e. The molecule has 0 aromatic heterocycles. The quantitative estimate of drug-likeness (QED) is 0.687. The highest BCUT2D eigenvalue weighted by Crippen LogP contribution is 2.42. The van der Waals surface area contributed by atoms with E-state index in [4.69, 9.17) is 11.5 Å². The van der Waals surface area contributed by atoms with E-state index in [-0.39, 0.29) is 17.9 Å². The summed E-state index contributed by atoms with van der Waals surface area (Å²) in [6.45, 7) is 1.32.